The summed E-state index contributed by atoms with van der Waals surface area (Å²) >= 11 is 0. The van der Waals surface area contributed by atoms with Crippen LogP contribution in [0.25, 0.3) is 0 Å². The Kier molecular flexibility index (Phi) is 12.0. The van der Waals surface area contributed by atoms with E-state index in [1.54, 1.807) is 24.8 Å². The number of rotatable bonds is 10. The van der Waals surface area contributed by atoms with Gasteiger partial charge in [0.15, 0.2) is 0 Å². The normalized spacial score (nSPS) is 38.0. The third-order valence-electron chi connectivity index (χ3n) is 17.8. The van der Waals surface area contributed by atoms with Gasteiger partial charge in [-0.1, -0.05) is 46.8 Å². The van der Waals surface area contributed by atoms with Gasteiger partial charge in [0, 0.05) is 55.7 Å². The molecule has 0 aromatic rings. The number of amides is 1. The molecule has 1 N–H and O–H groups in total. The third kappa shape index (κ3) is 7.94. The molecule has 6 fully saturated rings. The summed E-state index contributed by atoms with van der Waals surface area (Å²) in [7, 11) is 0. The minimum Gasteiger partial charge on any atom is -0.481 e. The Morgan fingerprint density at radius 3 is 2.07 bits per heavy atom. The second-order valence-corrected chi connectivity index (χ2v) is 23.0. The Morgan fingerprint density at radius 1 is 0.797 bits per heavy atom. The van der Waals surface area contributed by atoms with Crippen LogP contribution in [0.3, 0.4) is 0 Å². The molecule has 0 radical (unpaired) electrons. The Morgan fingerprint density at radius 2 is 1.46 bits per heavy atom. The number of ketones is 2. The van der Waals surface area contributed by atoms with E-state index < -0.39 is 22.4 Å². The van der Waals surface area contributed by atoms with Crippen molar-refractivity contribution in [3.05, 3.63) is 24.4 Å². The van der Waals surface area contributed by atoms with E-state index in [1.165, 1.54) is 0 Å². The molecule has 0 aromatic carbocycles. The van der Waals surface area contributed by atoms with Crippen LogP contribution in [0, 0.1) is 62.1 Å². The van der Waals surface area contributed by atoms with Crippen molar-refractivity contribution in [2.24, 2.45) is 62.1 Å². The number of hydrogen-bond donors (Lipinski definition) is 1. The van der Waals surface area contributed by atoms with Gasteiger partial charge in [-0.2, -0.15) is 0 Å². The zero-order valence-corrected chi connectivity index (χ0v) is 38.3. The van der Waals surface area contributed by atoms with Crippen molar-refractivity contribution in [1.29, 1.82) is 0 Å². The molecule has 1 amide bonds. The molecule has 0 bridgehead atoms. The number of aliphatic carboxylic acids is 1. The largest absolute Gasteiger partial charge is 0.481 e. The molecule has 5 aliphatic carbocycles. The number of hydrogen-bond acceptors (Lipinski definition) is 8. The molecule has 6 rings (SSSR count). The van der Waals surface area contributed by atoms with E-state index in [1.807, 2.05) is 27.0 Å². The van der Waals surface area contributed by atoms with E-state index in [-0.39, 0.29) is 76.1 Å². The number of ether oxygens (including phenoxy) is 2. The summed E-state index contributed by atoms with van der Waals surface area (Å²) in [6.07, 6.45) is 12.1. The minimum atomic E-state index is -1.20. The lowest BCUT2D eigenvalue weighted by atomic mass is 9.32. The van der Waals surface area contributed by atoms with Crippen LogP contribution in [0.5, 0.6) is 0 Å². The number of carboxylic acids is 1. The summed E-state index contributed by atoms with van der Waals surface area (Å²) in [5.41, 5.74) is -1.21. The summed E-state index contributed by atoms with van der Waals surface area (Å²) in [5.74, 6) is 0.0497. The Labute approximate surface area is 354 Å². The van der Waals surface area contributed by atoms with Gasteiger partial charge in [0.1, 0.15) is 23.3 Å². The van der Waals surface area contributed by atoms with Crippen molar-refractivity contribution < 1.29 is 38.6 Å². The third-order valence-corrected chi connectivity index (χ3v) is 17.8. The molecule has 10 atom stereocenters. The van der Waals surface area contributed by atoms with E-state index in [0.717, 1.165) is 69.8 Å². The predicted molar refractivity (Wildman–Crippen MR) is 228 cm³/mol. The van der Waals surface area contributed by atoms with Crippen molar-refractivity contribution in [2.45, 2.75) is 165 Å². The first-order chi connectivity index (χ1) is 27.2. The molecule has 10 heteroatoms. The van der Waals surface area contributed by atoms with Gasteiger partial charge in [-0.3, -0.25) is 14.4 Å². The zero-order chi connectivity index (χ0) is 43.7. The highest BCUT2D eigenvalue weighted by Gasteiger charge is 2.72. The molecular weight excluding hydrogens is 745 g/mol. The second kappa shape index (κ2) is 15.6. The van der Waals surface area contributed by atoms with Gasteiger partial charge in [-0.25, -0.2) is 9.59 Å². The SMILES string of the molecule is C=C(C)[C@@H]1CC[C@]2(C(=O)CC(=O)CC(C)(C)C(=O)O)CC[C@]3(C)[C@H](CC[C@@H]4[C@@]5(C)CC[C@H](OC(=O)/C=C/N6CCN(C(=O)OC(C)(C)C)CC6)C(C)(C)[C@@H]5CC[C@]43C)[C@@H]12. The lowest BCUT2D eigenvalue weighted by Crippen LogP contribution is -2.67. The van der Waals surface area contributed by atoms with Crippen molar-refractivity contribution in [1.82, 2.24) is 9.80 Å². The number of carbonyl (C=O) groups is 5. The fourth-order valence-corrected chi connectivity index (χ4v) is 14.5. The molecule has 0 aromatic heterocycles. The molecular formula is C49H76N2O8. The molecule has 1 saturated heterocycles. The highest BCUT2D eigenvalue weighted by molar-refractivity contribution is 6.03. The quantitative estimate of drug-likeness (QED) is 0.0991. The van der Waals surface area contributed by atoms with E-state index in [2.05, 4.69) is 53.0 Å². The topological polar surface area (TPSA) is 131 Å². The second-order valence-electron chi connectivity index (χ2n) is 23.0. The van der Waals surface area contributed by atoms with Crippen molar-refractivity contribution in [3.8, 4) is 0 Å². The minimum absolute atomic E-state index is 0.0162. The number of fused-ring (bicyclic) bond motifs is 7. The van der Waals surface area contributed by atoms with Gasteiger partial charge in [0.05, 0.1) is 11.8 Å². The van der Waals surface area contributed by atoms with E-state index in [0.29, 0.717) is 43.9 Å². The molecule has 6 aliphatic rings. The average Bonchev–Trinajstić information content (AvgIpc) is 3.53. The molecule has 0 unspecified atom stereocenters. The Balaban J connectivity index is 1.14. The van der Waals surface area contributed by atoms with Crippen molar-refractivity contribution in [3.63, 3.8) is 0 Å². The van der Waals surface area contributed by atoms with Crippen molar-refractivity contribution >= 4 is 29.6 Å². The zero-order valence-electron chi connectivity index (χ0n) is 38.3. The van der Waals surface area contributed by atoms with Crippen LogP contribution < -0.4 is 0 Å². The van der Waals surface area contributed by atoms with E-state index in [9.17, 15) is 29.1 Å². The fourth-order valence-electron chi connectivity index (χ4n) is 14.5. The summed E-state index contributed by atoms with van der Waals surface area (Å²) < 4.78 is 11.9. The van der Waals surface area contributed by atoms with Crippen LogP contribution in [0.4, 0.5) is 4.79 Å². The maximum absolute atomic E-state index is 14.5. The Hall–Kier alpha value is -3.17. The number of esters is 1. The average molecular weight is 821 g/mol. The van der Waals surface area contributed by atoms with Gasteiger partial charge in [0.2, 0.25) is 0 Å². The maximum Gasteiger partial charge on any atom is 0.410 e. The molecule has 0 spiro atoms. The van der Waals surface area contributed by atoms with Crippen LogP contribution in [0.15, 0.2) is 24.4 Å². The standard InChI is InChI=1S/C49H76N2O8/c1-31(2)33-15-21-49(37(53)29-32(52)30-44(6,7)41(55)56)23-22-47(11)34(40(33)49)13-14-36-46(10)19-17-38(45(8,9)35(46)16-20-48(36,47)12)58-39(54)18-24-50-25-27-51(28-26-50)42(57)59-43(3,4)5/h18,24,33-36,38,40H,1,13-17,19-23,25-30H2,2-12H3,(H,55,56)/b24-18+/t33-,34+,35-,36+,38-,40+,46-,47+,48+,49+/m0/s1. The highest BCUT2D eigenvalue weighted by Crippen LogP contribution is 2.77. The molecule has 1 heterocycles. The maximum atomic E-state index is 14.5. The van der Waals surface area contributed by atoms with Gasteiger partial charge in [0.25, 0.3) is 0 Å². The number of Topliss-reactive ketones (excluding diaryl/α,β-unsaturated/α-hetero) is 2. The molecule has 1 aliphatic heterocycles. The Bertz CT molecular complexity index is 1730. The summed E-state index contributed by atoms with van der Waals surface area (Å²) in [6.45, 7) is 29.9. The first kappa shape index (κ1) is 45.4. The number of piperazine rings is 1. The van der Waals surface area contributed by atoms with Crippen LogP contribution in [0.1, 0.15) is 153 Å². The van der Waals surface area contributed by atoms with Crippen LogP contribution in [-0.4, -0.2) is 82.4 Å². The summed E-state index contributed by atoms with van der Waals surface area (Å²) in [6, 6.07) is 0. The summed E-state index contributed by atoms with van der Waals surface area (Å²) in [4.78, 5) is 69.3. The van der Waals surface area contributed by atoms with Crippen LogP contribution in [0.2, 0.25) is 0 Å². The van der Waals surface area contributed by atoms with Gasteiger partial charge in [-0.05, 0) is 152 Å². The highest BCUT2D eigenvalue weighted by atomic mass is 16.6. The number of carboxylic acid groups (broad SMARTS) is 1. The first-order valence-corrected chi connectivity index (χ1v) is 22.8. The van der Waals surface area contributed by atoms with E-state index in [4.69, 9.17) is 9.47 Å². The van der Waals surface area contributed by atoms with Crippen LogP contribution in [-0.2, 0) is 28.7 Å². The first-order valence-electron chi connectivity index (χ1n) is 22.8. The van der Waals surface area contributed by atoms with Gasteiger partial charge < -0.3 is 24.4 Å². The fraction of sp³-hybridized carbons (Fsp3) is 0.816. The number of carbonyl (C=O) groups excluding carboxylic acids is 4. The molecule has 330 valence electrons. The smallest absolute Gasteiger partial charge is 0.410 e. The van der Waals surface area contributed by atoms with Crippen LogP contribution >= 0.6 is 0 Å². The number of nitrogens with zero attached hydrogens (tertiary/aromatic N) is 2. The monoisotopic (exact) mass is 821 g/mol. The lowest BCUT2D eigenvalue weighted by molar-refractivity contribution is -0.248. The molecule has 10 nitrogen and oxygen atoms in total. The van der Waals surface area contributed by atoms with E-state index >= 15 is 0 Å². The molecule has 59 heavy (non-hydrogen) atoms. The van der Waals surface area contributed by atoms with Crippen molar-refractivity contribution in [2.75, 3.05) is 26.2 Å². The number of allylic oxidation sites excluding steroid dienone is 1. The van der Waals surface area contributed by atoms with Gasteiger partial charge in [-0.15, -0.1) is 0 Å². The molecule has 5 saturated carbocycles. The predicted octanol–water partition coefficient (Wildman–Crippen LogP) is 9.65. The lowest BCUT2D eigenvalue weighted by Gasteiger charge is -2.73. The summed E-state index contributed by atoms with van der Waals surface area (Å²) in [5, 5.41) is 9.68. The van der Waals surface area contributed by atoms with Gasteiger partial charge >= 0.3 is 18.0 Å².